The van der Waals surface area contributed by atoms with Gasteiger partial charge in [0.15, 0.2) is 0 Å². The topological polar surface area (TPSA) is 67.4 Å². The number of methoxy groups -OCH3 is 1. The second kappa shape index (κ2) is 15.3. The van der Waals surface area contributed by atoms with Gasteiger partial charge in [0.05, 0.1) is 11.5 Å². The smallest absolute Gasteiger partial charge is 0.251 e. The summed E-state index contributed by atoms with van der Waals surface area (Å²) < 4.78 is 20.0. The van der Waals surface area contributed by atoms with Crippen LogP contribution in [0.2, 0.25) is 5.02 Å². The van der Waals surface area contributed by atoms with E-state index in [0.717, 1.165) is 5.56 Å². The van der Waals surface area contributed by atoms with Crippen molar-refractivity contribution in [3.63, 3.8) is 0 Å². The van der Waals surface area contributed by atoms with Gasteiger partial charge in [0.2, 0.25) is 0 Å². The lowest BCUT2D eigenvalue weighted by Crippen LogP contribution is -2.26. The number of rotatable bonds is 10. The van der Waals surface area contributed by atoms with Crippen molar-refractivity contribution in [1.82, 2.24) is 10.0 Å². The van der Waals surface area contributed by atoms with E-state index >= 15 is 0 Å². The molecule has 3 aromatic rings. The minimum atomic E-state index is -1.31. The number of aryl methyl sites for hydroxylation is 1. The fourth-order valence-corrected chi connectivity index (χ4v) is 3.84. The number of nitrogens with one attached hydrogen (secondary N) is 2. The van der Waals surface area contributed by atoms with Crippen molar-refractivity contribution in [2.45, 2.75) is 31.2 Å². The molecule has 0 aromatic heterocycles. The molecule has 0 radical (unpaired) electrons. The fraction of sp³-hybridized carbons (Fsp3) is 0.269. The van der Waals surface area contributed by atoms with Gasteiger partial charge in [-0.15, -0.1) is 0 Å². The first kappa shape index (κ1) is 26.7. The monoisotopic (exact) mass is 486 g/mol. The number of hydrogen-bond donors (Lipinski definition) is 2. The molecule has 2 N–H and O–H groups in total. The Hall–Kier alpha value is -2.51. The molecular formula is C26H31ClN2O3S. The van der Waals surface area contributed by atoms with Crippen LogP contribution >= 0.6 is 11.6 Å². The molecule has 1 unspecified atom stereocenters. The van der Waals surface area contributed by atoms with Crippen molar-refractivity contribution in [2.75, 3.05) is 20.3 Å². The second-order valence-corrected chi connectivity index (χ2v) is 8.96. The number of carbonyl (C=O) groups excluding carboxylic acids is 1. The number of hydrogen-bond acceptors (Lipinski definition) is 3. The van der Waals surface area contributed by atoms with E-state index in [4.69, 9.17) is 16.3 Å². The van der Waals surface area contributed by atoms with Crippen LogP contribution in [0, 0.1) is 0 Å². The molecular weight excluding hydrogens is 456 g/mol. The predicted octanol–water partition coefficient (Wildman–Crippen LogP) is 5.17. The molecule has 0 spiro atoms. The molecule has 1 atom stereocenters. The SMILES string of the molecule is CCCc1ccccc1.COCCNC(=O)c1ccc(CNS(=O)c2ccc(Cl)cc2)cc1. The molecule has 3 aromatic carbocycles. The van der Waals surface area contributed by atoms with Crippen LogP contribution in [0.25, 0.3) is 0 Å². The lowest BCUT2D eigenvalue weighted by Gasteiger charge is -2.07. The molecule has 0 fully saturated rings. The van der Waals surface area contributed by atoms with Gasteiger partial charge in [0.1, 0.15) is 11.0 Å². The standard InChI is InChI=1S/C17H19ClN2O3S.C9H12/c1-23-11-10-19-17(21)14-4-2-13(3-5-14)12-20-24(22)16-8-6-15(18)7-9-16;1-2-6-9-7-4-3-5-8-9/h2-9,20H,10-12H2,1H3,(H,19,21);3-5,7-8H,2,6H2,1H3. The molecule has 0 aliphatic rings. The summed E-state index contributed by atoms with van der Waals surface area (Å²) in [6.45, 7) is 3.58. The summed E-state index contributed by atoms with van der Waals surface area (Å²) in [6, 6.07) is 24.6. The summed E-state index contributed by atoms with van der Waals surface area (Å²) in [4.78, 5) is 12.5. The van der Waals surface area contributed by atoms with Crippen LogP contribution < -0.4 is 10.0 Å². The third-order valence-electron chi connectivity index (χ3n) is 4.62. The van der Waals surface area contributed by atoms with E-state index in [9.17, 15) is 9.00 Å². The maximum absolute atomic E-state index is 12.1. The Kier molecular flexibility index (Phi) is 12.4. The predicted molar refractivity (Wildman–Crippen MR) is 136 cm³/mol. The fourth-order valence-electron chi connectivity index (χ4n) is 2.87. The lowest BCUT2D eigenvalue weighted by atomic mass is 10.1. The van der Waals surface area contributed by atoms with Gasteiger partial charge in [0.25, 0.3) is 5.91 Å². The molecule has 0 aliphatic heterocycles. The zero-order chi connectivity index (χ0) is 23.9. The molecule has 3 rings (SSSR count). The Balaban J connectivity index is 0.000000357. The first-order valence-electron chi connectivity index (χ1n) is 10.8. The Labute approximate surface area is 204 Å². The van der Waals surface area contributed by atoms with E-state index in [0.29, 0.717) is 35.2 Å². The summed E-state index contributed by atoms with van der Waals surface area (Å²) in [5.41, 5.74) is 2.96. The highest BCUT2D eigenvalue weighted by Gasteiger charge is 2.06. The Morgan fingerprint density at radius 1 is 0.939 bits per heavy atom. The van der Waals surface area contributed by atoms with E-state index in [1.54, 1.807) is 43.5 Å². The van der Waals surface area contributed by atoms with Gasteiger partial charge in [-0.05, 0) is 53.9 Å². The highest BCUT2D eigenvalue weighted by Crippen LogP contribution is 2.12. The van der Waals surface area contributed by atoms with Gasteiger partial charge < -0.3 is 10.1 Å². The maximum Gasteiger partial charge on any atom is 0.251 e. The van der Waals surface area contributed by atoms with Crippen LogP contribution in [0.3, 0.4) is 0 Å². The third-order valence-corrected chi connectivity index (χ3v) is 5.98. The summed E-state index contributed by atoms with van der Waals surface area (Å²) >= 11 is 5.81. The summed E-state index contributed by atoms with van der Waals surface area (Å²) in [7, 11) is 0.272. The van der Waals surface area contributed by atoms with Crippen LogP contribution in [0.1, 0.15) is 34.8 Å². The van der Waals surface area contributed by atoms with Crippen molar-refractivity contribution < 1.29 is 13.7 Å². The number of benzene rings is 3. The highest BCUT2D eigenvalue weighted by atomic mass is 35.5. The lowest BCUT2D eigenvalue weighted by molar-refractivity contribution is 0.0937. The quantitative estimate of drug-likeness (QED) is 0.388. The van der Waals surface area contributed by atoms with E-state index in [-0.39, 0.29) is 5.91 Å². The van der Waals surface area contributed by atoms with Gasteiger partial charge in [-0.25, -0.2) is 8.93 Å². The van der Waals surface area contributed by atoms with Crippen molar-refractivity contribution in [1.29, 1.82) is 0 Å². The Morgan fingerprint density at radius 3 is 2.21 bits per heavy atom. The molecule has 7 heteroatoms. The molecule has 1 amide bonds. The van der Waals surface area contributed by atoms with Crippen molar-refractivity contribution in [3.05, 3.63) is 101 Å². The van der Waals surface area contributed by atoms with Crippen molar-refractivity contribution in [3.8, 4) is 0 Å². The summed E-state index contributed by atoms with van der Waals surface area (Å²) in [5, 5.41) is 3.36. The van der Waals surface area contributed by atoms with Gasteiger partial charge in [-0.1, -0.05) is 67.4 Å². The number of ether oxygens (including phenoxy) is 1. The molecule has 176 valence electrons. The van der Waals surface area contributed by atoms with E-state index < -0.39 is 11.0 Å². The van der Waals surface area contributed by atoms with Crippen LogP contribution in [0.5, 0.6) is 0 Å². The van der Waals surface area contributed by atoms with E-state index in [2.05, 4.69) is 47.3 Å². The maximum atomic E-state index is 12.1. The normalized spacial score (nSPS) is 11.2. The second-order valence-electron chi connectivity index (χ2n) is 7.22. The highest BCUT2D eigenvalue weighted by molar-refractivity contribution is 7.83. The van der Waals surface area contributed by atoms with Crippen LogP contribution in [-0.4, -0.2) is 30.4 Å². The zero-order valence-electron chi connectivity index (χ0n) is 19.1. The first-order chi connectivity index (χ1) is 16.0. The van der Waals surface area contributed by atoms with Gasteiger partial charge in [0, 0.05) is 30.8 Å². The average Bonchev–Trinajstić information content (AvgIpc) is 2.85. The van der Waals surface area contributed by atoms with E-state index in [1.807, 2.05) is 12.1 Å². The minimum absolute atomic E-state index is 0.142. The average molecular weight is 487 g/mol. The minimum Gasteiger partial charge on any atom is -0.383 e. The molecule has 0 aliphatic carbocycles. The number of carbonyl (C=O) groups is 1. The van der Waals surface area contributed by atoms with Crippen LogP contribution in [-0.2, 0) is 28.7 Å². The first-order valence-corrected chi connectivity index (χ1v) is 12.4. The summed E-state index contributed by atoms with van der Waals surface area (Å²) in [5.74, 6) is -0.142. The molecule has 0 saturated carbocycles. The molecule has 0 heterocycles. The molecule has 0 saturated heterocycles. The van der Waals surface area contributed by atoms with Crippen molar-refractivity contribution in [2.24, 2.45) is 0 Å². The van der Waals surface area contributed by atoms with Gasteiger partial charge >= 0.3 is 0 Å². The van der Waals surface area contributed by atoms with Crippen LogP contribution in [0.4, 0.5) is 0 Å². The number of halogens is 1. The summed E-state index contributed by atoms with van der Waals surface area (Å²) in [6.07, 6.45) is 2.45. The molecule has 0 bridgehead atoms. The molecule has 5 nitrogen and oxygen atoms in total. The number of amides is 1. The zero-order valence-corrected chi connectivity index (χ0v) is 20.6. The Morgan fingerprint density at radius 2 is 1.61 bits per heavy atom. The largest absolute Gasteiger partial charge is 0.383 e. The van der Waals surface area contributed by atoms with E-state index in [1.165, 1.54) is 18.4 Å². The molecule has 33 heavy (non-hydrogen) atoms. The van der Waals surface area contributed by atoms with Gasteiger partial charge in [-0.2, -0.15) is 0 Å². The van der Waals surface area contributed by atoms with Crippen LogP contribution in [0.15, 0.2) is 83.8 Å². The van der Waals surface area contributed by atoms with Crippen molar-refractivity contribution >= 4 is 28.5 Å². The van der Waals surface area contributed by atoms with Gasteiger partial charge in [-0.3, -0.25) is 4.79 Å². The third kappa shape index (κ3) is 10.3. The Bertz CT molecular complexity index is 981.